The van der Waals surface area contributed by atoms with E-state index in [9.17, 15) is 18.0 Å². The maximum Gasteiger partial charge on any atom is 0.425 e. The van der Waals surface area contributed by atoms with Crippen molar-refractivity contribution in [3.63, 3.8) is 0 Å². The van der Waals surface area contributed by atoms with Gasteiger partial charge in [-0.2, -0.15) is 13.2 Å². The van der Waals surface area contributed by atoms with E-state index in [0.717, 1.165) is 6.92 Å². The molecule has 0 N–H and O–H groups in total. The van der Waals surface area contributed by atoms with Gasteiger partial charge in [0.15, 0.2) is 6.10 Å². The minimum Gasteiger partial charge on any atom is -0.453 e. The highest BCUT2D eigenvalue weighted by atomic mass is 19.4. The Balaban J connectivity index is -0.000000114. The Kier molecular flexibility index (Phi) is 21.9. The number of halogens is 3. The van der Waals surface area contributed by atoms with Crippen LogP contribution in [0.25, 0.3) is 0 Å². The van der Waals surface area contributed by atoms with Crippen LogP contribution in [0.5, 0.6) is 0 Å². The number of carbonyl (C=O) groups is 1. The quantitative estimate of drug-likeness (QED) is 0.454. The van der Waals surface area contributed by atoms with Crippen LogP contribution in [0.4, 0.5) is 13.2 Å². The van der Waals surface area contributed by atoms with Gasteiger partial charge in [0.05, 0.1) is 5.41 Å². The Hall–Kier alpha value is -1.52. The zero-order valence-electron chi connectivity index (χ0n) is 15.4. The molecule has 28 heavy (non-hydrogen) atoms. The van der Waals surface area contributed by atoms with Gasteiger partial charge in [-0.3, -0.25) is 4.79 Å². The molecular weight excluding hydrogens is 365 g/mol. The van der Waals surface area contributed by atoms with Crippen LogP contribution in [0.3, 0.4) is 0 Å². The standard InChI is InChI=1S/C10H14.C9H15F3O2.4CH4/c1-3-9(2)10-7-5-4-6-8-10;1-5-8(3,4)7(13)14-6(2)9(10,11)12;;;;/h4-9H,3H2,1-2H3;6H,5H2,1-4H3;4*1H4. The summed E-state index contributed by atoms with van der Waals surface area (Å²) in [6.07, 6.45) is -4.86. The van der Waals surface area contributed by atoms with E-state index in [1.807, 2.05) is 0 Å². The van der Waals surface area contributed by atoms with E-state index in [2.05, 4.69) is 48.9 Å². The molecule has 0 aliphatic carbocycles. The summed E-state index contributed by atoms with van der Waals surface area (Å²) in [6.45, 7) is 10.1. The molecule has 0 aliphatic heterocycles. The molecule has 2 unspecified atom stereocenters. The predicted octanol–water partition coefficient (Wildman–Crippen LogP) is 8.66. The van der Waals surface area contributed by atoms with Gasteiger partial charge in [-0.05, 0) is 45.1 Å². The predicted molar refractivity (Wildman–Crippen MR) is 118 cm³/mol. The molecule has 0 bridgehead atoms. The summed E-state index contributed by atoms with van der Waals surface area (Å²) >= 11 is 0. The summed E-state index contributed by atoms with van der Waals surface area (Å²) in [6, 6.07) is 10.6. The molecule has 0 spiro atoms. The molecule has 5 heteroatoms. The molecule has 0 fully saturated rings. The van der Waals surface area contributed by atoms with Gasteiger partial charge in [0.2, 0.25) is 0 Å². The van der Waals surface area contributed by atoms with Gasteiger partial charge in [-0.15, -0.1) is 0 Å². The van der Waals surface area contributed by atoms with Crippen molar-refractivity contribution in [2.45, 2.75) is 102 Å². The average molecular weight is 411 g/mol. The van der Waals surface area contributed by atoms with Crippen molar-refractivity contribution in [3.05, 3.63) is 35.9 Å². The van der Waals surface area contributed by atoms with E-state index in [1.54, 1.807) is 20.8 Å². The minimum atomic E-state index is -4.49. The number of hydrogen-bond donors (Lipinski definition) is 0. The Morgan fingerprint density at radius 3 is 1.71 bits per heavy atom. The summed E-state index contributed by atoms with van der Waals surface area (Å²) in [5, 5.41) is 0. The summed E-state index contributed by atoms with van der Waals surface area (Å²) in [4.78, 5) is 11.2. The average Bonchev–Trinajstić information content (AvgIpc) is 2.54. The van der Waals surface area contributed by atoms with Crippen molar-refractivity contribution >= 4 is 5.97 Å². The molecule has 170 valence electrons. The van der Waals surface area contributed by atoms with Gasteiger partial charge in [0.25, 0.3) is 0 Å². The van der Waals surface area contributed by atoms with Crippen LogP contribution in [0.1, 0.15) is 95.6 Å². The third-order valence-electron chi connectivity index (χ3n) is 4.16. The number of hydrogen-bond acceptors (Lipinski definition) is 2. The lowest BCUT2D eigenvalue weighted by Gasteiger charge is -2.24. The zero-order chi connectivity index (χ0) is 19.0. The number of alkyl halides is 3. The van der Waals surface area contributed by atoms with Gasteiger partial charge < -0.3 is 4.74 Å². The minimum absolute atomic E-state index is 0. The summed E-state index contributed by atoms with van der Waals surface area (Å²) in [5.74, 6) is -0.106. The van der Waals surface area contributed by atoms with Gasteiger partial charge >= 0.3 is 12.1 Å². The zero-order valence-corrected chi connectivity index (χ0v) is 15.4. The maximum absolute atomic E-state index is 12.0. The second-order valence-electron chi connectivity index (χ2n) is 6.55. The molecule has 1 aromatic rings. The first-order valence-corrected chi connectivity index (χ1v) is 8.28. The first kappa shape index (κ1) is 37.3. The number of carbonyl (C=O) groups excluding carboxylic acids is 1. The molecule has 0 radical (unpaired) electrons. The third kappa shape index (κ3) is 13.6. The summed E-state index contributed by atoms with van der Waals surface area (Å²) in [5.41, 5.74) is 0.587. The van der Waals surface area contributed by atoms with Crippen molar-refractivity contribution in [3.8, 4) is 0 Å². The third-order valence-corrected chi connectivity index (χ3v) is 4.16. The fourth-order valence-electron chi connectivity index (χ4n) is 1.55. The second kappa shape index (κ2) is 16.4. The highest BCUT2D eigenvalue weighted by molar-refractivity contribution is 5.76. The smallest absolute Gasteiger partial charge is 0.425 e. The Morgan fingerprint density at radius 2 is 1.39 bits per heavy atom. The van der Waals surface area contributed by atoms with Crippen LogP contribution in [-0.4, -0.2) is 18.2 Å². The van der Waals surface area contributed by atoms with Crippen molar-refractivity contribution in [2.75, 3.05) is 0 Å². The normalized spacial score (nSPS) is 12.2. The number of benzene rings is 1. The Bertz CT molecular complexity index is 482. The lowest BCUT2D eigenvalue weighted by molar-refractivity contribution is -0.221. The van der Waals surface area contributed by atoms with Crippen LogP contribution in [-0.2, 0) is 9.53 Å². The van der Waals surface area contributed by atoms with Crippen molar-refractivity contribution in [1.29, 1.82) is 0 Å². The van der Waals surface area contributed by atoms with E-state index in [-0.39, 0.29) is 29.7 Å². The first-order chi connectivity index (χ1) is 11.0. The molecule has 0 aliphatic rings. The highest BCUT2D eigenvalue weighted by Crippen LogP contribution is 2.27. The number of ether oxygens (including phenoxy) is 1. The molecule has 0 saturated carbocycles. The number of esters is 1. The van der Waals surface area contributed by atoms with Crippen LogP contribution >= 0.6 is 0 Å². The Labute approximate surface area is 172 Å². The van der Waals surface area contributed by atoms with Crippen molar-refractivity contribution in [2.24, 2.45) is 5.41 Å². The monoisotopic (exact) mass is 410 g/mol. The van der Waals surface area contributed by atoms with Gasteiger partial charge in [-0.25, -0.2) is 0 Å². The first-order valence-electron chi connectivity index (χ1n) is 8.28. The summed E-state index contributed by atoms with van der Waals surface area (Å²) < 4.78 is 40.4. The van der Waals surface area contributed by atoms with Crippen molar-refractivity contribution in [1.82, 2.24) is 0 Å². The largest absolute Gasteiger partial charge is 0.453 e. The number of rotatable bonds is 5. The van der Waals surface area contributed by atoms with Crippen LogP contribution < -0.4 is 0 Å². The van der Waals surface area contributed by atoms with Crippen LogP contribution in [0.15, 0.2) is 30.3 Å². The molecule has 0 saturated heterocycles. The SMILES string of the molecule is C.C.C.C.CCC(C)(C)C(=O)OC(C)C(F)(F)F.CCC(C)c1ccccc1. The molecular formula is C23H45F3O2. The van der Waals surface area contributed by atoms with Crippen LogP contribution in [0.2, 0.25) is 0 Å². The molecule has 0 aromatic heterocycles. The fourth-order valence-corrected chi connectivity index (χ4v) is 1.55. The lowest BCUT2D eigenvalue weighted by Crippen LogP contribution is -2.36. The second-order valence-corrected chi connectivity index (χ2v) is 6.55. The molecule has 2 nitrogen and oxygen atoms in total. The fraction of sp³-hybridized carbons (Fsp3) is 0.696. The molecule has 2 atom stereocenters. The van der Waals surface area contributed by atoms with Gasteiger partial charge in [-0.1, -0.05) is 80.8 Å². The highest BCUT2D eigenvalue weighted by Gasteiger charge is 2.41. The van der Waals surface area contributed by atoms with E-state index in [4.69, 9.17) is 0 Å². The molecule has 1 rings (SSSR count). The van der Waals surface area contributed by atoms with Gasteiger partial charge in [0.1, 0.15) is 0 Å². The molecule has 0 heterocycles. The topological polar surface area (TPSA) is 26.3 Å². The van der Waals surface area contributed by atoms with E-state index >= 15 is 0 Å². The van der Waals surface area contributed by atoms with Crippen LogP contribution in [0, 0.1) is 5.41 Å². The van der Waals surface area contributed by atoms with Crippen molar-refractivity contribution < 1.29 is 22.7 Å². The maximum atomic E-state index is 12.0. The van der Waals surface area contributed by atoms with Gasteiger partial charge in [0, 0.05) is 0 Å². The Morgan fingerprint density at radius 1 is 0.964 bits per heavy atom. The van der Waals surface area contributed by atoms with E-state index in [0.29, 0.717) is 12.3 Å². The lowest BCUT2D eigenvalue weighted by atomic mass is 9.90. The molecule has 1 aromatic carbocycles. The van der Waals surface area contributed by atoms with E-state index in [1.165, 1.54) is 12.0 Å². The van der Waals surface area contributed by atoms with E-state index < -0.39 is 23.7 Å². The summed E-state index contributed by atoms with van der Waals surface area (Å²) in [7, 11) is 0. The molecule has 0 amide bonds.